The van der Waals surface area contributed by atoms with Gasteiger partial charge in [0.15, 0.2) is 0 Å². The lowest BCUT2D eigenvalue weighted by atomic mass is 9.90. The molecule has 0 bridgehead atoms. The van der Waals surface area contributed by atoms with Crippen LogP contribution in [0.2, 0.25) is 0 Å². The van der Waals surface area contributed by atoms with Crippen molar-refractivity contribution in [1.82, 2.24) is 5.01 Å². The van der Waals surface area contributed by atoms with E-state index in [0.717, 1.165) is 11.1 Å². The fraction of sp³-hybridized carbons (Fsp3) is 0.286. The average Bonchev–Trinajstić information content (AvgIpc) is 2.82. The first-order valence-electron chi connectivity index (χ1n) is 5.90. The summed E-state index contributed by atoms with van der Waals surface area (Å²) < 4.78 is 0. The second kappa shape index (κ2) is 3.83. The number of hydrogen-bond donors (Lipinski definition) is 0. The summed E-state index contributed by atoms with van der Waals surface area (Å²) in [6, 6.07) is 13.6. The van der Waals surface area contributed by atoms with Gasteiger partial charge in [-0.15, -0.1) is 0 Å². The third-order valence-electron chi connectivity index (χ3n) is 3.72. The first kappa shape index (κ1) is 11.3. The summed E-state index contributed by atoms with van der Waals surface area (Å²) >= 11 is 0. The molecule has 19 heavy (non-hydrogen) atoms. The van der Waals surface area contributed by atoms with Crippen molar-refractivity contribution in [2.45, 2.75) is 18.0 Å². The zero-order chi connectivity index (χ0) is 13.5. The molecule has 0 radical (unpaired) electrons. The van der Waals surface area contributed by atoms with E-state index in [1.54, 1.807) is 6.21 Å². The normalized spacial score (nSPS) is 25.6. The molecule has 0 saturated carbocycles. The van der Waals surface area contributed by atoms with Crippen molar-refractivity contribution in [3.05, 3.63) is 35.4 Å². The number of rotatable bonds is 0. The molecule has 2 aliphatic rings. The van der Waals surface area contributed by atoms with E-state index >= 15 is 0 Å². The molecule has 1 aromatic rings. The molecular formula is C14H9N5. The average molecular weight is 247 g/mol. The van der Waals surface area contributed by atoms with Crippen molar-refractivity contribution in [1.29, 1.82) is 15.8 Å². The summed E-state index contributed by atoms with van der Waals surface area (Å²) in [5, 5.41) is 33.7. The van der Waals surface area contributed by atoms with E-state index in [4.69, 9.17) is 0 Å². The zero-order valence-electron chi connectivity index (χ0n) is 9.98. The molecule has 0 N–H and O–H groups in total. The minimum absolute atomic E-state index is 0.201. The molecule has 0 spiro atoms. The standard InChI is InChI=1S/C14H9N5/c15-6-11-5-14(8-16,9-17)19-13(11)12-4-2-1-3-10(12)7-18-19/h1-4,7,11,13H,5H2/t11-,13-/m1/s1. The van der Waals surface area contributed by atoms with Crippen LogP contribution in [0, 0.1) is 39.9 Å². The van der Waals surface area contributed by atoms with Crippen LogP contribution >= 0.6 is 0 Å². The highest BCUT2D eigenvalue weighted by Gasteiger charge is 2.55. The predicted molar refractivity (Wildman–Crippen MR) is 66.3 cm³/mol. The predicted octanol–water partition coefficient (Wildman–Crippen LogP) is 1.71. The van der Waals surface area contributed by atoms with E-state index in [-0.39, 0.29) is 12.5 Å². The Morgan fingerprint density at radius 1 is 1.21 bits per heavy atom. The maximum absolute atomic E-state index is 9.32. The molecule has 0 unspecified atom stereocenters. The van der Waals surface area contributed by atoms with Gasteiger partial charge >= 0.3 is 0 Å². The van der Waals surface area contributed by atoms with Crippen LogP contribution in [-0.4, -0.2) is 16.8 Å². The minimum Gasteiger partial charge on any atom is -0.254 e. The topological polar surface area (TPSA) is 87.0 Å². The van der Waals surface area contributed by atoms with Crippen LogP contribution in [0.25, 0.3) is 0 Å². The number of fused-ring (bicyclic) bond motifs is 3. The Kier molecular flexibility index (Phi) is 2.27. The molecule has 0 aliphatic carbocycles. The summed E-state index contributed by atoms with van der Waals surface area (Å²) in [4.78, 5) is 0. The Balaban J connectivity index is 2.19. The summed E-state index contributed by atoms with van der Waals surface area (Å²) in [6.07, 6.45) is 1.85. The largest absolute Gasteiger partial charge is 0.254 e. The third kappa shape index (κ3) is 1.35. The van der Waals surface area contributed by atoms with E-state index in [1.165, 1.54) is 5.01 Å². The maximum Gasteiger partial charge on any atom is 0.231 e. The van der Waals surface area contributed by atoms with Crippen molar-refractivity contribution >= 4 is 6.21 Å². The van der Waals surface area contributed by atoms with Gasteiger partial charge in [-0.1, -0.05) is 24.3 Å². The van der Waals surface area contributed by atoms with Crippen LogP contribution < -0.4 is 0 Å². The molecule has 1 aromatic carbocycles. The minimum atomic E-state index is -1.34. The molecular weight excluding hydrogens is 238 g/mol. The Bertz CT molecular complexity index is 671. The lowest BCUT2D eigenvalue weighted by Gasteiger charge is -2.32. The Hall–Kier alpha value is -2.84. The van der Waals surface area contributed by atoms with Gasteiger partial charge < -0.3 is 0 Å². The van der Waals surface area contributed by atoms with Gasteiger partial charge in [-0.25, -0.2) is 0 Å². The SMILES string of the molecule is N#C[C@H]1CC(C#N)(C#N)N2N=Cc3ccccc3[C@@H]12. The lowest BCUT2D eigenvalue weighted by molar-refractivity contribution is 0.182. The van der Waals surface area contributed by atoms with Crippen LogP contribution in [-0.2, 0) is 0 Å². The number of nitrogens with zero attached hydrogens (tertiary/aromatic N) is 5. The van der Waals surface area contributed by atoms with Gasteiger partial charge in [0.2, 0.25) is 5.54 Å². The highest BCUT2D eigenvalue weighted by atomic mass is 15.5. The van der Waals surface area contributed by atoms with Crippen molar-refractivity contribution in [3.63, 3.8) is 0 Å². The van der Waals surface area contributed by atoms with Gasteiger partial charge in [-0.05, 0) is 11.1 Å². The van der Waals surface area contributed by atoms with Crippen molar-refractivity contribution in [2.24, 2.45) is 11.0 Å². The van der Waals surface area contributed by atoms with Gasteiger partial charge in [0.1, 0.15) is 12.1 Å². The monoisotopic (exact) mass is 247 g/mol. The van der Waals surface area contributed by atoms with Gasteiger partial charge in [-0.3, -0.25) is 5.01 Å². The first-order valence-corrected chi connectivity index (χ1v) is 5.90. The molecule has 2 atom stereocenters. The van der Waals surface area contributed by atoms with Crippen molar-refractivity contribution in [3.8, 4) is 18.2 Å². The highest BCUT2D eigenvalue weighted by molar-refractivity contribution is 5.83. The summed E-state index contributed by atoms with van der Waals surface area (Å²) in [5.74, 6) is -0.405. The Morgan fingerprint density at radius 3 is 2.63 bits per heavy atom. The van der Waals surface area contributed by atoms with E-state index in [0.29, 0.717) is 0 Å². The number of hydrogen-bond acceptors (Lipinski definition) is 5. The lowest BCUT2D eigenvalue weighted by Crippen LogP contribution is -2.40. The third-order valence-corrected chi connectivity index (χ3v) is 3.72. The van der Waals surface area contributed by atoms with Crippen LogP contribution in [0.4, 0.5) is 0 Å². The van der Waals surface area contributed by atoms with Crippen LogP contribution in [0.15, 0.2) is 29.4 Å². The van der Waals surface area contributed by atoms with E-state index in [1.807, 2.05) is 36.4 Å². The Labute approximate surface area is 110 Å². The molecule has 0 amide bonds. The fourth-order valence-corrected chi connectivity index (χ4v) is 2.81. The molecule has 5 nitrogen and oxygen atoms in total. The van der Waals surface area contributed by atoms with Crippen molar-refractivity contribution in [2.75, 3.05) is 0 Å². The quantitative estimate of drug-likeness (QED) is 0.698. The van der Waals surface area contributed by atoms with E-state index < -0.39 is 11.5 Å². The molecule has 2 aliphatic heterocycles. The summed E-state index contributed by atoms with van der Waals surface area (Å²) in [6.45, 7) is 0. The first-order chi connectivity index (χ1) is 9.25. The molecule has 3 rings (SSSR count). The van der Waals surface area contributed by atoms with Gasteiger partial charge in [0, 0.05) is 6.42 Å². The van der Waals surface area contributed by atoms with Gasteiger partial charge in [-0.2, -0.15) is 20.9 Å². The Morgan fingerprint density at radius 2 is 1.95 bits per heavy atom. The second-order valence-electron chi connectivity index (χ2n) is 4.69. The van der Waals surface area contributed by atoms with Crippen LogP contribution in [0.5, 0.6) is 0 Å². The maximum atomic E-state index is 9.32. The number of hydrazone groups is 1. The van der Waals surface area contributed by atoms with Crippen LogP contribution in [0.3, 0.4) is 0 Å². The molecule has 1 saturated heterocycles. The molecule has 90 valence electrons. The van der Waals surface area contributed by atoms with Crippen LogP contribution in [0.1, 0.15) is 23.6 Å². The molecule has 5 heteroatoms. The van der Waals surface area contributed by atoms with E-state index in [9.17, 15) is 15.8 Å². The number of nitriles is 3. The zero-order valence-corrected chi connectivity index (χ0v) is 9.98. The second-order valence-corrected chi connectivity index (χ2v) is 4.69. The summed E-state index contributed by atoms with van der Waals surface area (Å²) in [5.41, 5.74) is 0.557. The molecule has 2 heterocycles. The molecule has 1 fully saturated rings. The number of benzene rings is 1. The smallest absolute Gasteiger partial charge is 0.231 e. The van der Waals surface area contributed by atoms with Crippen molar-refractivity contribution < 1.29 is 0 Å². The molecule has 0 aromatic heterocycles. The highest BCUT2D eigenvalue weighted by Crippen LogP contribution is 2.48. The van der Waals surface area contributed by atoms with E-state index in [2.05, 4.69) is 11.2 Å². The van der Waals surface area contributed by atoms with Gasteiger partial charge in [0.05, 0.1) is 24.2 Å². The fourth-order valence-electron chi connectivity index (χ4n) is 2.81. The summed E-state index contributed by atoms with van der Waals surface area (Å²) in [7, 11) is 0. The van der Waals surface area contributed by atoms with Gasteiger partial charge in [0.25, 0.3) is 0 Å².